The van der Waals surface area contributed by atoms with Crippen LogP contribution in [0, 0.1) is 5.92 Å². The number of ether oxygens (including phenoxy) is 1. The number of hydrogen-bond acceptors (Lipinski definition) is 3. The normalized spacial score (nSPS) is 41.1. The van der Waals surface area contributed by atoms with E-state index < -0.39 is 0 Å². The minimum Gasteiger partial charge on any atom is -0.378 e. The van der Waals surface area contributed by atoms with Crippen LogP contribution in [0.2, 0.25) is 0 Å². The van der Waals surface area contributed by atoms with Gasteiger partial charge in [-0.2, -0.15) is 0 Å². The summed E-state index contributed by atoms with van der Waals surface area (Å²) in [6.07, 6.45) is 6.51. The highest BCUT2D eigenvalue weighted by Gasteiger charge is 2.47. The van der Waals surface area contributed by atoms with Crippen molar-refractivity contribution < 1.29 is 4.74 Å². The van der Waals surface area contributed by atoms with Crippen LogP contribution < -0.4 is 5.73 Å². The minimum atomic E-state index is 0.184. The number of likely N-dealkylation sites (tertiary alicyclic amines) is 1. The summed E-state index contributed by atoms with van der Waals surface area (Å²) >= 11 is 0. The predicted molar refractivity (Wildman–Crippen MR) is 80.2 cm³/mol. The number of nitrogens with two attached hydrogens (primary N) is 1. The second-order valence-electron chi connectivity index (χ2n) is 6.93. The van der Waals surface area contributed by atoms with Crippen LogP contribution in [0.4, 0.5) is 0 Å². The molecule has 0 aromatic heterocycles. The minimum absolute atomic E-state index is 0.184. The van der Waals surface area contributed by atoms with E-state index in [2.05, 4.69) is 32.6 Å². The summed E-state index contributed by atoms with van der Waals surface area (Å²) in [5.74, 6) is 0.587. The highest BCUT2D eigenvalue weighted by atomic mass is 16.5. The van der Waals surface area contributed by atoms with Crippen molar-refractivity contribution in [1.82, 2.24) is 4.90 Å². The molecule has 0 amide bonds. The van der Waals surface area contributed by atoms with Gasteiger partial charge in [-0.1, -0.05) is 20.8 Å². The molecule has 2 rings (SSSR count). The first-order chi connectivity index (χ1) is 9.04. The summed E-state index contributed by atoms with van der Waals surface area (Å²) in [4.78, 5) is 2.77. The number of rotatable bonds is 4. The van der Waals surface area contributed by atoms with Gasteiger partial charge >= 0.3 is 0 Å². The molecule has 0 aromatic rings. The lowest BCUT2D eigenvalue weighted by Crippen LogP contribution is -2.62. The molecule has 0 spiro atoms. The van der Waals surface area contributed by atoms with Crippen molar-refractivity contribution in [2.45, 2.75) is 83.5 Å². The molecule has 0 radical (unpaired) electrons. The molecule has 0 aromatic carbocycles. The van der Waals surface area contributed by atoms with E-state index in [1.165, 1.54) is 19.3 Å². The van der Waals surface area contributed by atoms with Gasteiger partial charge in [0.15, 0.2) is 0 Å². The van der Waals surface area contributed by atoms with Gasteiger partial charge in [0.05, 0.1) is 6.10 Å². The van der Waals surface area contributed by atoms with Crippen LogP contribution in [0.1, 0.15) is 59.8 Å². The molecule has 4 unspecified atom stereocenters. The SMILES string of the molecule is CCC1CCC(C)N1C1(CN)CCOC(C(C)C)C1. The van der Waals surface area contributed by atoms with E-state index in [0.29, 0.717) is 18.1 Å². The Kier molecular flexibility index (Phi) is 4.91. The van der Waals surface area contributed by atoms with Gasteiger partial charge in [0.25, 0.3) is 0 Å². The standard InChI is InChI=1S/C16H32N2O/c1-5-14-7-6-13(4)18(14)16(11-17)8-9-19-15(10-16)12(2)3/h12-15H,5-11,17H2,1-4H3. The Morgan fingerprint density at radius 2 is 2.11 bits per heavy atom. The summed E-state index contributed by atoms with van der Waals surface area (Å²) in [7, 11) is 0. The molecule has 0 bridgehead atoms. The zero-order chi connectivity index (χ0) is 14.0. The zero-order valence-corrected chi connectivity index (χ0v) is 13.2. The number of nitrogens with zero attached hydrogens (tertiary/aromatic N) is 1. The molecule has 4 atom stereocenters. The molecule has 2 aliphatic rings. The Morgan fingerprint density at radius 1 is 1.37 bits per heavy atom. The van der Waals surface area contributed by atoms with E-state index in [0.717, 1.165) is 32.0 Å². The lowest BCUT2D eigenvalue weighted by Gasteiger charge is -2.51. The van der Waals surface area contributed by atoms with E-state index in [9.17, 15) is 0 Å². The smallest absolute Gasteiger partial charge is 0.0616 e. The summed E-state index contributed by atoms with van der Waals surface area (Å²) in [6, 6.07) is 1.41. The van der Waals surface area contributed by atoms with Crippen molar-refractivity contribution in [3.8, 4) is 0 Å². The zero-order valence-electron chi connectivity index (χ0n) is 13.2. The number of hydrogen-bond donors (Lipinski definition) is 1. The van der Waals surface area contributed by atoms with Crippen molar-refractivity contribution in [2.24, 2.45) is 11.7 Å². The Hall–Kier alpha value is -0.120. The molecule has 2 aliphatic heterocycles. The third kappa shape index (κ3) is 2.84. The van der Waals surface area contributed by atoms with E-state index in [-0.39, 0.29) is 5.54 Å². The van der Waals surface area contributed by atoms with Crippen LogP contribution in [0.25, 0.3) is 0 Å². The van der Waals surface area contributed by atoms with Gasteiger partial charge in [0.1, 0.15) is 0 Å². The summed E-state index contributed by atoms with van der Waals surface area (Å²) in [6.45, 7) is 10.9. The lowest BCUT2D eigenvalue weighted by atomic mass is 9.80. The maximum Gasteiger partial charge on any atom is 0.0616 e. The van der Waals surface area contributed by atoms with Crippen LogP contribution in [-0.4, -0.2) is 41.8 Å². The van der Waals surface area contributed by atoms with E-state index in [4.69, 9.17) is 10.5 Å². The van der Waals surface area contributed by atoms with Crippen LogP contribution in [0.5, 0.6) is 0 Å². The molecular formula is C16H32N2O. The molecule has 0 saturated carbocycles. The van der Waals surface area contributed by atoms with Gasteiger partial charge in [0, 0.05) is 30.8 Å². The van der Waals surface area contributed by atoms with Crippen LogP contribution in [-0.2, 0) is 4.74 Å². The van der Waals surface area contributed by atoms with Gasteiger partial charge in [0.2, 0.25) is 0 Å². The molecule has 3 heteroatoms. The van der Waals surface area contributed by atoms with Gasteiger partial charge in [-0.25, -0.2) is 0 Å². The van der Waals surface area contributed by atoms with Crippen molar-refractivity contribution >= 4 is 0 Å². The second kappa shape index (κ2) is 6.11. The van der Waals surface area contributed by atoms with Crippen LogP contribution in [0.3, 0.4) is 0 Å². The highest BCUT2D eigenvalue weighted by molar-refractivity contribution is 5.03. The van der Waals surface area contributed by atoms with Crippen molar-refractivity contribution in [3.05, 3.63) is 0 Å². The third-order valence-electron chi connectivity index (χ3n) is 5.41. The first-order valence-corrected chi connectivity index (χ1v) is 8.14. The molecule has 3 nitrogen and oxygen atoms in total. The van der Waals surface area contributed by atoms with E-state index >= 15 is 0 Å². The first kappa shape index (κ1) is 15.3. The lowest BCUT2D eigenvalue weighted by molar-refractivity contribution is -0.0995. The molecule has 2 fully saturated rings. The molecule has 2 heterocycles. The predicted octanol–water partition coefficient (Wildman–Crippen LogP) is 2.78. The summed E-state index contributed by atoms with van der Waals surface area (Å²) in [5.41, 5.74) is 6.45. The average molecular weight is 268 g/mol. The fraction of sp³-hybridized carbons (Fsp3) is 1.00. The molecule has 2 N–H and O–H groups in total. The van der Waals surface area contributed by atoms with Gasteiger partial charge in [-0.3, -0.25) is 4.90 Å². The van der Waals surface area contributed by atoms with Crippen molar-refractivity contribution in [1.29, 1.82) is 0 Å². The van der Waals surface area contributed by atoms with Crippen molar-refractivity contribution in [3.63, 3.8) is 0 Å². The average Bonchev–Trinajstić information content (AvgIpc) is 2.80. The maximum absolute atomic E-state index is 6.26. The second-order valence-corrected chi connectivity index (χ2v) is 6.93. The van der Waals surface area contributed by atoms with Gasteiger partial charge < -0.3 is 10.5 Å². The molecular weight excluding hydrogens is 236 g/mol. The fourth-order valence-corrected chi connectivity index (χ4v) is 4.22. The van der Waals surface area contributed by atoms with Crippen LogP contribution >= 0.6 is 0 Å². The molecule has 112 valence electrons. The maximum atomic E-state index is 6.26. The first-order valence-electron chi connectivity index (χ1n) is 8.14. The molecule has 0 aliphatic carbocycles. The topological polar surface area (TPSA) is 38.5 Å². The molecule has 2 saturated heterocycles. The van der Waals surface area contributed by atoms with Gasteiger partial charge in [-0.15, -0.1) is 0 Å². The Morgan fingerprint density at radius 3 is 2.68 bits per heavy atom. The van der Waals surface area contributed by atoms with Gasteiger partial charge in [-0.05, 0) is 44.9 Å². The summed E-state index contributed by atoms with van der Waals surface area (Å²) < 4.78 is 5.98. The largest absolute Gasteiger partial charge is 0.378 e. The third-order valence-corrected chi connectivity index (χ3v) is 5.41. The Labute approximate surface area is 118 Å². The quantitative estimate of drug-likeness (QED) is 0.852. The van der Waals surface area contributed by atoms with E-state index in [1.54, 1.807) is 0 Å². The van der Waals surface area contributed by atoms with Crippen LogP contribution in [0.15, 0.2) is 0 Å². The highest BCUT2D eigenvalue weighted by Crippen LogP contribution is 2.40. The monoisotopic (exact) mass is 268 g/mol. The molecule has 19 heavy (non-hydrogen) atoms. The fourth-order valence-electron chi connectivity index (χ4n) is 4.22. The van der Waals surface area contributed by atoms with Crippen molar-refractivity contribution in [2.75, 3.05) is 13.2 Å². The summed E-state index contributed by atoms with van der Waals surface area (Å²) in [5, 5.41) is 0. The Bertz CT molecular complexity index is 294. The van der Waals surface area contributed by atoms with E-state index in [1.807, 2.05) is 0 Å². The Balaban J connectivity index is 2.20.